The molecule has 1 amide bonds. The summed E-state index contributed by atoms with van der Waals surface area (Å²) >= 11 is 0. The van der Waals surface area contributed by atoms with Crippen molar-refractivity contribution in [2.24, 2.45) is 0 Å². The van der Waals surface area contributed by atoms with Crippen molar-refractivity contribution in [2.75, 3.05) is 6.54 Å². The summed E-state index contributed by atoms with van der Waals surface area (Å²) in [6.07, 6.45) is 3.87. The van der Waals surface area contributed by atoms with Gasteiger partial charge in [0.1, 0.15) is 11.7 Å². The van der Waals surface area contributed by atoms with E-state index in [0.717, 1.165) is 18.4 Å². The zero-order chi connectivity index (χ0) is 14.8. The van der Waals surface area contributed by atoms with Crippen LogP contribution in [0, 0.1) is 0 Å². The fraction of sp³-hybridized carbons (Fsp3) is 0.600. The highest BCUT2D eigenvalue weighted by Crippen LogP contribution is 2.30. The molecule has 1 unspecified atom stereocenters. The van der Waals surface area contributed by atoms with Crippen LogP contribution in [0.25, 0.3) is 0 Å². The largest absolute Gasteiger partial charge is 0.444 e. The van der Waals surface area contributed by atoms with Crippen molar-refractivity contribution in [1.82, 2.24) is 9.88 Å². The second-order valence-electron chi connectivity index (χ2n) is 6.11. The van der Waals surface area contributed by atoms with Crippen LogP contribution in [0.5, 0.6) is 0 Å². The highest BCUT2D eigenvalue weighted by Gasteiger charge is 2.36. The van der Waals surface area contributed by atoms with Crippen LogP contribution in [0.15, 0.2) is 24.5 Å². The number of carbonyl (C=O) groups excluding carboxylic acids is 1. The molecule has 1 aromatic heterocycles. The Bertz CT molecular complexity index is 456. The van der Waals surface area contributed by atoms with Crippen molar-refractivity contribution in [3.8, 4) is 0 Å². The fourth-order valence-corrected chi connectivity index (χ4v) is 2.44. The van der Waals surface area contributed by atoms with Crippen molar-refractivity contribution in [1.29, 1.82) is 0 Å². The number of aliphatic hydroxyl groups is 1. The molecule has 1 aliphatic heterocycles. The van der Waals surface area contributed by atoms with E-state index in [1.807, 2.05) is 26.8 Å². The molecule has 2 atom stereocenters. The van der Waals surface area contributed by atoms with Gasteiger partial charge in [0.05, 0.1) is 6.04 Å². The third-order valence-electron chi connectivity index (χ3n) is 3.32. The first kappa shape index (κ1) is 14.8. The van der Waals surface area contributed by atoms with Crippen molar-refractivity contribution >= 4 is 6.09 Å². The lowest BCUT2D eigenvalue weighted by Gasteiger charge is -2.31. The highest BCUT2D eigenvalue weighted by molar-refractivity contribution is 5.69. The van der Waals surface area contributed by atoms with Gasteiger partial charge in [-0.15, -0.1) is 0 Å². The molecule has 20 heavy (non-hydrogen) atoms. The topological polar surface area (TPSA) is 62.7 Å². The van der Waals surface area contributed by atoms with Crippen molar-refractivity contribution in [3.63, 3.8) is 0 Å². The molecule has 0 spiro atoms. The summed E-state index contributed by atoms with van der Waals surface area (Å²) in [4.78, 5) is 17.8. The predicted molar refractivity (Wildman–Crippen MR) is 75.2 cm³/mol. The normalized spacial score (nSPS) is 20.8. The van der Waals surface area contributed by atoms with Crippen LogP contribution >= 0.6 is 0 Å². The van der Waals surface area contributed by atoms with Gasteiger partial charge in [0.25, 0.3) is 0 Å². The van der Waals surface area contributed by atoms with Crippen LogP contribution in [-0.2, 0) is 4.74 Å². The quantitative estimate of drug-likeness (QED) is 0.903. The number of aromatic nitrogens is 1. The predicted octanol–water partition coefficient (Wildman–Crippen LogP) is 2.51. The average Bonchev–Trinajstić information content (AvgIpc) is 2.86. The van der Waals surface area contributed by atoms with Gasteiger partial charge in [0.2, 0.25) is 0 Å². The van der Waals surface area contributed by atoms with Crippen LogP contribution < -0.4 is 0 Å². The standard InChI is InChI=1S/C15H22N2O3/c1-15(2,3)20-14(19)17-9-5-7-12(17)13(18)11-6-4-8-16-10-11/h4,6,8,10,12-13,18H,5,7,9H2,1-3H3/t12-,13?/m0/s1. The molecule has 2 rings (SSSR count). The summed E-state index contributed by atoms with van der Waals surface area (Å²) in [5.74, 6) is 0. The average molecular weight is 278 g/mol. The summed E-state index contributed by atoms with van der Waals surface area (Å²) < 4.78 is 5.40. The molecule has 0 aliphatic carbocycles. The summed E-state index contributed by atoms with van der Waals surface area (Å²) in [5, 5.41) is 10.4. The van der Waals surface area contributed by atoms with E-state index in [1.165, 1.54) is 0 Å². The molecular formula is C15H22N2O3. The summed E-state index contributed by atoms with van der Waals surface area (Å²) in [7, 11) is 0. The van der Waals surface area contributed by atoms with Crippen molar-refractivity contribution in [3.05, 3.63) is 30.1 Å². The molecule has 1 aliphatic rings. The molecule has 1 saturated heterocycles. The lowest BCUT2D eigenvalue weighted by Crippen LogP contribution is -2.42. The van der Waals surface area contributed by atoms with Gasteiger partial charge >= 0.3 is 6.09 Å². The third kappa shape index (κ3) is 3.48. The maximum Gasteiger partial charge on any atom is 0.410 e. The van der Waals surface area contributed by atoms with E-state index in [0.29, 0.717) is 6.54 Å². The van der Waals surface area contributed by atoms with Gasteiger partial charge in [-0.2, -0.15) is 0 Å². The van der Waals surface area contributed by atoms with Gasteiger partial charge in [-0.05, 0) is 39.7 Å². The minimum atomic E-state index is -0.723. The Hall–Kier alpha value is -1.62. The maximum absolute atomic E-state index is 12.2. The van der Waals surface area contributed by atoms with E-state index < -0.39 is 11.7 Å². The first-order chi connectivity index (χ1) is 9.38. The molecule has 2 heterocycles. The van der Waals surface area contributed by atoms with Gasteiger partial charge in [0.15, 0.2) is 0 Å². The Labute approximate surface area is 119 Å². The Kier molecular flexibility index (Phi) is 4.28. The van der Waals surface area contributed by atoms with Gasteiger partial charge in [-0.1, -0.05) is 6.07 Å². The molecule has 5 nitrogen and oxygen atoms in total. The lowest BCUT2D eigenvalue weighted by molar-refractivity contribution is 0.00485. The molecule has 1 fully saturated rings. The number of ether oxygens (including phenoxy) is 1. The molecule has 5 heteroatoms. The second-order valence-corrected chi connectivity index (χ2v) is 6.11. The Morgan fingerprint density at radius 1 is 1.55 bits per heavy atom. The first-order valence-electron chi connectivity index (χ1n) is 6.96. The zero-order valence-corrected chi connectivity index (χ0v) is 12.2. The van der Waals surface area contributed by atoms with Gasteiger partial charge < -0.3 is 14.7 Å². The maximum atomic E-state index is 12.2. The van der Waals surface area contributed by atoms with Crippen molar-refractivity contribution < 1.29 is 14.6 Å². The number of hydrogen-bond donors (Lipinski definition) is 1. The molecular weight excluding hydrogens is 256 g/mol. The van der Waals surface area contributed by atoms with E-state index >= 15 is 0 Å². The van der Waals surface area contributed by atoms with E-state index in [1.54, 1.807) is 23.4 Å². The minimum absolute atomic E-state index is 0.242. The number of likely N-dealkylation sites (tertiary alicyclic amines) is 1. The van der Waals surface area contributed by atoms with E-state index in [4.69, 9.17) is 4.74 Å². The van der Waals surface area contributed by atoms with Crippen LogP contribution in [0.3, 0.4) is 0 Å². The molecule has 0 saturated carbocycles. The second kappa shape index (κ2) is 5.79. The highest BCUT2D eigenvalue weighted by atomic mass is 16.6. The minimum Gasteiger partial charge on any atom is -0.444 e. The zero-order valence-electron chi connectivity index (χ0n) is 12.2. The van der Waals surface area contributed by atoms with Crippen LogP contribution in [0.4, 0.5) is 4.79 Å². The van der Waals surface area contributed by atoms with E-state index in [2.05, 4.69) is 4.98 Å². The lowest BCUT2D eigenvalue weighted by atomic mass is 10.0. The number of nitrogens with zero attached hydrogens (tertiary/aromatic N) is 2. The SMILES string of the molecule is CC(C)(C)OC(=O)N1CCC[C@H]1C(O)c1cccnc1. The number of carbonyl (C=O) groups is 1. The molecule has 1 N–H and O–H groups in total. The first-order valence-corrected chi connectivity index (χ1v) is 6.96. The van der Waals surface area contributed by atoms with Crippen molar-refractivity contribution in [2.45, 2.75) is 51.4 Å². The van der Waals surface area contributed by atoms with E-state index in [9.17, 15) is 9.90 Å². The van der Waals surface area contributed by atoms with Gasteiger partial charge in [0, 0.05) is 24.5 Å². The summed E-state index contributed by atoms with van der Waals surface area (Å²) in [5.41, 5.74) is 0.205. The number of hydrogen-bond acceptors (Lipinski definition) is 4. The van der Waals surface area contributed by atoms with Gasteiger partial charge in [-0.3, -0.25) is 4.98 Å². The molecule has 0 radical (unpaired) electrons. The Balaban J connectivity index is 2.09. The number of amides is 1. The van der Waals surface area contributed by atoms with Gasteiger partial charge in [-0.25, -0.2) is 4.79 Å². The van der Waals surface area contributed by atoms with Crippen LogP contribution in [-0.4, -0.2) is 39.3 Å². The number of aliphatic hydroxyl groups excluding tert-OH is 1. The van der Waals surface area contributed by atoms with E-state index in [-0.39, 0.29) is 12.1 Å². The Morgan fingerprint density at radius 3 is 2.90 bits per heavy atom. The smallest absolute Gasteiger partial charge is 0.410 e. The fourth-order valence-electron chi connectivity index (χ4n) is 2.44. The van der Waals surface area contributed by atoms with Crippen LogP contribution in [0.1, 0.15) is 45.3 Å². The molecule has 0 bridgehead atoms. The van der Waals surface area contributed by atoms with Crippen LogP contribution in [0.2, 0.25) is 0 Å². The third-order valence-corrected chi connectivity index (χ3v) is 3.32. The summed E-state index contributed by atoms with van der Waals surface area (Å²) in [6, 6.07) is 3.36. The summed E-state index contributed by atoms with van der Waals surface area (Å²) in [6.45, 7) is 6.14. The molecule has 0 aromatic carbocycles. The number of pyridine rings is 1. The Morgan fingerprint density at radius 2 is 2.30 bits per heavy atom. The number of rotatable bonds is 2. The molecule has 1 aromatic rings. The molecule has 110 valence electrons. The monoisotopic (exact) mass is 278 g/mol.